The van der Waals surface area contributed by atoms with Gasteiger partial charge in [-0.05, 0) is 25.2 Å². The summed E-state index contributed by atoms with van der Waals surface area (Å²) in [6.45, 7) is 4.19. The highest BCUT2D eigenvalue weighted by Gasteiger charge is 2.24. The van der Waals surface area contributed by atoms with E-state index in [1.165, 1.54) is 32.1 Å². The van der Waals surface area contributed by atoms with E-state index in [4.69, 9.17) is 0 Å². The van der Waals surface area contributed by atoms with E-state index in [9.17, 15) is 4.79 Å². The molecule has 1 saturated heterocycles. The molecule has 3 heteroatoms. The second-order valence-electron chi connectivity index (χ2n) is 4.78. The Labute approximate surface area is 108 Å². The van der Waals surface area contributed by atoms with Crippen molar-refractivity contribution in [2.45, 2.75) is 51.9 Å². The molecule has 0 aromatic carbocycles. The standard InChI is InChI=1S/C13H24BrNO/c1-2-3-4-5-6-13(16)15-10-8-12(11-15)7-9-14/h12H,2-11H2,1H3. The maximum Gasteiger partial charge on any atom is 0.222 e. The molecule has 94 valence electrons. The molecule has 16 heavy (non-hydrogen) atoms. The van der Waals surface area contributed by atoms with Gasteiger partial charge in [-0.25, -0.2) is 0 Å². The number of unbranched alkanes of at least 4 members (excludes halogenated alkanes) is 3. The van der Waals surface area contributed by atoms with Crippen LogP contribution in [0.5, 0.6) is 0 Å². The molecule has 0 aromatic heterocycles. The summed E-state index contributed by atoms with van der Waals surface area (Å²) in [5.41, 5.74) is 0. The van der Waals surface area contributed by atoms with Gasteiger partial charge in [-0.1, -0.05) is 42.1 Å². The number of hydrogen-bond donors (Lipinski definition) is 0. The molecule has 0 aliphatic carbocycles. The topological polar surface area (TPSA) is 20.3 Å². The Balaban J connectivity index is 2.13. The highest BCUT2D eigenvalue weighted by atomic mass is 79.9. The molecule has 1 rings (SSSR count). The van der Waals surface area contributed by atoms with Crippen LogP contribution in [0.4, 0.5) is 0 Å². The number of nitrogens with zero attached hydrogens (tertiary/aromatic N) is 1. The van der Waals surface area contributed by atoms with Gasteiger partial charge >= 0.3 is 0 Å². The van der Waals surface area contributed by atoms with Crippen LogP contribution in [0.25, 0.3) is 0 Å². The van der Waals surface area contributed by atoms with Gasteiger partial charge in [0.25, 0.3) is 0 Å². The summed E-state index contributed by atoms with van der Waals surface area (Å²) >= 11 is 3.47. The van der Waals surface area contributed by atoms with Gasteiger partial charge in [-0.3, -0.25) is 4.79 Å². The number of rotatable bonds is 7. The van der Waals surface area contributed by atoms with E-state index in [1.54, 1.807) is 0 Å². The monoisotopic (exact) mass is 289 g/mol. The Morgan fingerprint density at radius 1 is 1.38 bits per heavy atom. The van der Waals surface area contributed by atoms with Crippen LogP contribution >= 0.6 is 15.9 Å². The van der Waals surface area contributed by atoms with Crippen LogP contribution in [-0.2, 0) is 4.79 Å². The van der Waals surface area contributed by atoms with E-state index in [0.717, 1.165) is 37.2 Å². The summed E-state index contributed by atoms with van der Waals surface area (Å²) in [6.07, 6.45) is 7.96. The van der Waals surface area contributed by atoms with Gasteiger partial charge in [0, 0.05) is 24.8 Å². The van der Waals surface area contributed by atoms with Crippen molar-refractivity contribution < 1.29 is 4.79 Å². The Bertz CT molecular complexity index is 208. The fraction of sp³-hybridized carbons (Fsp3) is 0.923. The number of likely N-dealkylation sites (tertiary alicyclic amines) is 1. The molecule has 0 N–H and O–H groups in total. The fourth-order valence-corrected chi connectivity index (χ4v) is 2.96. The quantitative estimate of drug-likeness (QED) is 0.518. The minimum Gasteiger partial charge on any atom is -0.342 e. The van der Waals surface area contributed by atoms with E-state index in [1.807, 2.05) is 0 Å². The van der Waals surface area contributed by atoms with Crippen molar-refractivity contribution in [1.82, 2.24) is 4.90 Å². The molecule has 0 bridgehead atoms. The molecular formula is C13H24BrNO. The Kier molecular flexibility index (Phi) is 7.10. The lowest BCUT2D eigenvalue weighted by atomic mass is 10.1. The molecule has 2 nitrogen and oxygen atoms in total. The molecule has 0 radical (unpaired) electrons. The van der Waals surface area contributed by atoms with Crippen molar-refractivity contribution >= 4 is 21.8 Å². The largest absolute Gasteiger partial charge is 0.342 e. The molecule has 1 atom stereocenters. The van der Waals surface area contributed by atoms with Crippen LogP contribution in [0.2, 0.25) is 0 Å². The third kappa shape index (κ3) is 4.86. The van der Waals surface area contributed by atoms with Crippen molar-refractivity contribution in [1.29, 1.82) is 0 Å². The zero-order chi connectivity index (χ0) is 11.8. The summed E-state index contributed by atoms with van der Waals surface area (Å²) < 4.78 is 0. The van der Waals surface area contributed by atoms with E-state index in [0.29, 0.717) is 5.91 Å². The maximum absolute atomic E-state index is 11.9. The van der Waals surface area contributed by atoms with Crippen molar-refractivity contribution in [3.63, 3.8) is 0 Å². The molecule has 0 spiro atoms. The SMILES string of the molecule is CCCCCCC(=O)N1CCC(CCBr)C1. The number of alkyl halides is 1. The first kappa shape index (κ1) is 14.0. The predicted molar refractivity (Wildman–Crippen MR) is 71.9 cm³/mol. The lowest BCUT2D eigenvalue weighted by molar-refractivity contribution is -0.130. The third-order valence-electron chi connectivity index (χ3n) is 3.40. The van der Waals surface area contributed by atoms with E-state index in [2.05, 4.69) is 27.8 Å². The molecular weight excluding hydrogens is 266 g/mol. The molecule has 1 aliphatic heterocycles. The van der Waals surface area contributed by atoms with Gasteiger partial charge in [-0.2, -0.15) is 0 Å². The zero-order valence-electron chi connectivity index (χ0n) is 10.4. The smallest absolute Gasteiger partial charge is 0.222 e. The summed E-state index contributed by atoms with van der Waals surface area (Å²) in [7, 11) is 0. The van der Waals surface area contributed by atoms with E-state index >= 15 is 0 Å². The van der Waals surface area contributed by atoms with Gasteiger partial charge in [0.15, 0.2) is 0 Å². The summed E-state index contributed by atoms with van der Waals surface area (Å²) in [6, 6.07) is 0. The lowest BCUT2D eigenvalue weighted by Crippen LogP contribution is -2.28. The van der Waals surface area contributed by atoms with Crippen molar-refractivity contribution in [2.75, 3.05) is 18.4 Å². The maximum atomic E-state index is 11.9. The highest BCUT2D eigenvalue weighted by molar-refractivity contribution is 9.09. The van der Waals surface area contributed by atoms with E-state index < -0.39 is 0 Å². The minimum absolute atomic E-state index is 0.383. The second kappa shape index (κ2) is 8.10. The Hall–Kier alpha value is -0.0500. The first-order valence-corrected chi connectivity index (χ1v) is 7.73. The first-order valence-electron chi connectivity index (χ1n) is 6.61. The van der Waals surface area contributed by atoms with Crippen molar-refractivity contribution in [2.24, 2.45) is 5.92 Å². The number of carbonyl (C=O) groups excluding carboxylic acids is 1. The Morgan fingerprint density at radius 2 is 2.19 bits per heavy atom. The third-order valence-corrected chi connectivity index (χ3v) is 3.86. The minimum atomic E-state index is 0.383. The van der Waals surface area contributed by atoms with Gasteiger partial charge in [0.2, 0.25) is 5.91 Å². The first-order chi connectivity index (χ1) is 7.77. The zero-order valence-corrected chi connectivity index (χ0v) is 12.0. The number of amides is 1. The lowest BCUT2D eigenvalue weighted by Gasteiger charge is -2.16. The van der Waals surface area contributed by atoms with Crippen LogP contribution in [0.3, 0.4) is 0 Å². The fourth-order valence-electron chi connectivity index (χ4n) is 2.31. The normalized spacial score (nSPS) is 20.4. The van der Waals surface area contributed by atoms with Crippen LogP contribution in [-0.4, -0.2) is 29.2 Å². The molecule has 0 saturated carbocycles. The van der Waals surface area contributed by atoms with Gasteiger partial charge in [-0.15, -0.1) is 0 Å². The molecule has 0 aromatic rings. The van der Waals surface area contributed by atoms with Gasteiger partial charge < -0.3 is 4.90 Å². The average molecular weight is 290 g/mol. The molecule has 1 unspecified atom stereocenters. The summed E-state index contributed by atoms with van der Waals surface area (Å²) in [5.74, 6) is 1.12. The van der Waals surface area contributed by atoms with Crippen LogP contribution in [0.15, 0.2) is 0 Å². The molecule has 1 amide bonds. The summed E-state index contributed by atoms with van der Waals surface area (Å²) in [4.78, 5) is 13.9. The average Bonchev–Trinajstić information content (AvgIpc) is 2.73. The molecule has 1 aliphatic rings. The van der Waals surface area contributed by atoms with Crippen molar-refractivity contribution in [3.8, 4) is 0 Å². The van der Waals surface area contributed by atoms with Crippen LogP contribution < -0.4 is 0 Å². The van der Waals surface area contributed by atoms with Crippen LogP contribution in [0, 0.1) is 5.92 Å². The second-order valence-corrected chi connectivity index (χ2v) is 5.58. The van der Waals surface area contributed by atoms with Gasteiger partial charge in [0.1, 0.15) is 0 Å². The number of carbonyl (C=O) groups is 1. The van der Waals surface area contributed by atoms with Crippen LogP contribution in [0.1, 0.15) is 51.9 Å². The van der Waals surface area contributed by atoms with Gasteiger partial charge in [0.05, 0.1) is 0 Å². The number of hydrogen-bond acceptors (Lipinski definition) is 1. The van der Waals surface area contributed by atoms with Crippen molar-refractivity contribution in [3.05, 3.63) is 0 Å². The summed E-state index contributed by atoms with van der Waals surface area (Å²) in [5, 5.41) is 1.07. The molecule has 1 heterocycles. The molecule has 1 fully saturated rings. The predicted octanol–water partition coefficient (Wildman–Crippen LogP) is 3.59. The highest BCUT2D eigenvalue weighted by Crippen LogP contribution is 2.21. The number of halogens is 1. The Morgan fingerprint density at radius 3 is 2.88 bits per heavy atom. The van der Waals surface area contributed by atoms with E-state index in [-0.39, 0.29) is 0 Å².